The number of hydrogen-bond donors (Lipinski definition) is 2. The molecule has 2 saturated heterocycles. The second-order valence-corrected chi connectivity index (χ2v) is 6.92. The second-order valence-electron chi connectivity index (χ2n) is 6.92. The van der Waals surface area contributed by atoms with Gasteiger partial charge in [-0.05, 0) is 17.7 Å². The lowest BCUT2D eigenvalue weighted by Crippen LogP contribution is -2.57. The second kappa shape index (κ2) is 5.81. The number of anilines is 1. The van der Waals surface area contributed by atoms with Gasteiger partial charge in [-0.3, -0.25) is 10.2 Å². The van der Waals surface area contributed by atoms with Gasteiger partial charge in [0.25, 0.3) is 0 Å². The van der Waals surface area contributed by atoms with E-state index in [1.54, 1.807) is 38.1 Å². The Labute approximate surface area is 156 Å². The van der Waals surface area contributed by atoms with E-state index in [2.05, 4.69) is 5.32 Å². The van der Waals surface area contributed by atoms with E-state index in [1.807, 2.05) is 18.2 Å². The Kier molecular flexibility index (Phi) is 3.95. The topological polar surface area (TPSA) is 143 Å². The molecule has 0 radical (unpaired) electrons. The van der Waals surface area contributed by atoms with E-state index in [1.165, 1.54) is 6.92 Å². The molecule has 8 heteroatoms. The zero-order valence-electron chi connectivity index (χ0n) is 15.0. The molecule has 1 amide bonds. The zero-order valence-corrected chi connectivity index (χ0v) is 15.0. The van der Waals surface area contributed by atoms with Crippen LogP contribution in [0, 0.1) is 56.2 Å². The molecule has 27 heavy (non-hydrogen) atoms. The van der Waals surface area contributed by atoms with Gasteiger partial charge in [-0.15, -0.1) is 0 Å². The highest BCUT2D eigenvalue weighted by Crippen LogP contribution is 2.66. The molecule has 4 unspecified atom stereocenters. The third-order valence-electron chi connectivity index (χ3n) is 5.53. The standard InChI is InChI=1S/C19H17N5O3/c1-11-17(3)26-15(13-4-6-14(7-5-13)24-12(2)25)18(8-20,9-21)19(11,10-22)16(23)27-17/h4-7,11,15,23H,1-3H3,(H,24,25). The molecule has 136 valence electrons. The Hall–Kier alpha value is -3.41. The summed E-state index contributed by atoms with van der Waals surface area (Å²) in [6.07, 6.45) is -1.11. The quantitative estimate of drug-likeness (QED) is 0.826. The van der Waals surface area contributed by atoms with Gasteiger partial charge in [0.05, 0.1) is 24.1 Å². The number of nitrogens with zero attached hydrogens (tertiary/aromatic N) is 3. The molecule has 0 saturated carbocycles. The predicted octanol–water partition coefficient (Wildman–Crippen LogP) is 2.62. The van der Waals surface area contributed by atoms with Crippen molar-refractivity contribution in [2.75, 3.05) is 5.32 Å². The van der Waals surface area contributed by atoms with Gasteiger partial charge >= 0.3 is 0 Å². The van der Waals surface area contributed by atoms with Crippen LogP contribution >= 0.6 is 0 Å². The molecule has 1 aromatic carbocycles. The van der Waals surface area contributed by atoms with E-state index in [0.717, 1.165) is 0 Å². The SMILES string of the molecule is CC(=O)Nc1ccc(C2OC3(C)OC(=N)C(C#N)(C3C)C2(C#N)C#N)cc1. The van der Waals surface area contributed by atoms with Gasteiger partial charge in [-0.2, -0.15) is 15.8 Å². The van der Waals surface area contributed by atoms with Gasteiger partial charge in [-0.25, -0.2) is 0 Å². The lowest BCUT2D eigenvalue weighted by Gasteiger charge is -2.47. The Morgan fingerprint density at radius 3 is 2.26 bits per heavy atom. The van der Waals surface area contributed by atoms with Crippen LogP contribution in [0.1, 0.15) is 32.4 Å². The van der Waals surface area contributed by atoms with E-state index >= 15 is 0 Å². The molecule has 2 aliphatic rings. The van der Waals surface area contributed by atoms with Crippen molar-refractivity contribution in [1.29, 1.82) is 21.2 Å². The van der Waals surface area contributed by atoms with Crippen LogP contribution in [0.25, 0.3) is 0 Å². The van der Waals surface area contributed by atoms with E-state index in [0.29, 0.717) is 11.3 Å². The minimum atomic E-state index is -1.97. The summed E-state index contributed by atoms with van der Waals surface area (Å²) < 4.78 is 11.6. The van der Waals surface area contributed by atoms with Crippen LogP contribution in [0.5, 0.6) is 0 Å². The Balaban J connectivity index is 2.18. The van der Waals surface area contributed by atoms with Crippen LogP contribution < -0.4 is 5.32 Å². The minimum absolute atomic E-state index is 0.232. The molecule has 8 nitrogen and oxygen atoms in total. The molecule has 2 N–H and O–H groups in total. The number of fused-ring (bicyclic) bond motifs is 2. The van der Waals surface area contributed by atoms with Gasteiger partial charge < -0.3 is 14.8 Å². The molecular weight excluding hydrogens is 346 g/mol. The van der Waals surface area contributed by atoms with Crippen molar-refractivity contribution in [3.8, 4) is 18.2 Å². The molecular formula is C19H17N5O3. The van der Waals surface area contributed by atoms with Crippen molar-refractivity contribution in [2.45, 2.75) is 32.7 Å². The van der Waals surface area contributed by atoms with Gasteiger partial charge in [-0.1, -0.05) is 19.1 Å². The summed E-state index contributed by atoms with van der Waals surface area (Å²) in [5, 5.41) is 40.8. The highest BCUT2D eigenvalue weighted by atomic mass is 16.7. The summed E-state index contributed by atoms with van der Waals surface area (Å²) in [7, 11) is 0. The van der Waals surface area contributed by atoms with E-state index in [4.69, 9.17) is 14.9 Å². The first kappa shape index (κ1) is 18.4. The maximum absolute atomic E-state index is 11.2. The van der Waals surface area contributed by atoms with Crippen molar-refractivity contribution in [3.63, 3.8) is 0 Å². The van der Waals surface area contributed by atoms with Gasteiger partial charge in [0.1, 0.15) is 6.10 Å². The van der Waals surface area contributed by atoms with Crippen LogP contribution in [0.15, 0.2) is 24.3 Å². The third kappa shape index (κ3) is 2.16. The molecule has 2 aliphatic heterocycles. The number of ether oxygens (including phenoxy) is 2. The fraction of sp³-hybridized carbons (Fsp3) is 0.421. The van der Waals surface area contributed by atoms with Crippen molar-refractivity contribution < 1.29 is 14.3 Å². The Morgan fingerprint density at radius 2 is 1.78 bits per heavy atom. The molecule has 2 heterocycles. The number of benzene rings is 1. The molecule has 1 aromatic rings. The normalized spacial score (nSPS) is 33.1. The van der Waals surface area contributed by atoms with E-state index in [9.17, 15) is 20.6 Å². The van der Waals surface area contributed by atoms with Crippen LogP contribution in [0.2, 0.25) is 0 Å². The first-order chi connectivity index (χ1) is 12.7. The summed E-state index contributed by atoms with van der Waals surface area (Å²) in [5.41, 5.74) is -2.71. The third-order valence-corrected chi connectivity index (χ3v) is 5.53. The lowest BCUT2D eigenvalue weighted by molar-refractivity contribution is -0.268. The lowest BCUT2D eigenvalue weighted by atomic mass is 9.54. The average molecular weight is 363 g/mol. The monoisotopic (exact) mass is 363 g/mol. The summed E-state index contributed by atoms with van der Waals surface area (Å²) in [6, 6.07) is 12.4. The van der Waals surface area contributed by atoms with Crippen molar-refractivity contribution in [3.05, 3.63) is 29.8 Å². The number of rotatable bonds is 2. The van der Waals surface area contributed by atoms with Crippen molar-refractivity contribution in [2.24, 2.45) is 16.7 Å². The average Bonchev–Trinajstić information content (AvgIpc) is 2.77. The number of nitrogens with one attached hydrogen (secondary N) is 2. The van der Waals surface area contributed by atoms with Gasteiger partial charge in [0, 0.05) is 19.5 Å². The van der Waals surface area contributed by atoms with Crippen LogP contribution in [-0.4, -0.2) is 17.6 Å². The van der Waals surface area contributed by atoms with E-state index in [-0.39, 0.29) is 5.91 Å². The van der Waals surface area contributed by atoms with Gasteiger partial charge in [0.2, 0.25) is 23.0 Å². The zero-order chi connectivity index (χ0) is 20.0. The van der Waals surface area contributed by atoms with Crippen molar-refractivity contribution in [1.82, 2.24) is 0 Å². The number of hydrogen-bond acceptors (Lipinski definition) is 7. The highest BCUT2D eigenvalue weighted by Gasteiger charge is 2.78. The number of carbonyl (C=O) groups excluding carboxylic acids is 1. The van der Waals surface area contributed by atoms with Gasteiger partial charge in [0.15, 0.2) is 5.41 Å². The van der Waals surface area contributed by atoms with E-state index < -0.39 is 34.5 Å². The summed E-state index contributed by atoms with van der Waals surface area (Å²) in [4.78, 5) is 11.2. The summed E-state index contributed by atoms with van der Waals surface area (Å²) >= 11 is 0. The minimum Gasteiger partial charge on any atom is -0.448 e. The molecule has 0 aromatic heterocycles. The van der Waals surface area contributed by atoms with Crippen molar-refractivity contribution >= 4 is 17.5 Å². The summed E-state index contributed by atoms with van der Waals surface area (Å²) in [5.74, 6) is -2.67. The maximum Gasteiger partial charge on any atom is 0.221 e. The van der Waals surface area contributed by atoms with Crippen LogP contribution in [0.3, 0.4) is 0 Å². The molecule has 0 spiro atoms. The fourth-order valence-corrected chi connectivity index (χ4v) is 3.95. The fourth-order valence-electron chi connectivity index (χ4n) is 3.95. The smallest absolute Gasteiger partial charge is 0.221 e. The molecule has 2 bridgehead atoms. The maximum atomic E-state index is 11.2. The van der Waals surface area contributed by atoms with Crippen LogP contribution in [0.4, 0.5) is 5.69 Å². The first-order valence-electron chi connectivity index (χ1n) is 8.28. The largest absolute Gasteiger partial charge is 0.448 e. The van der Waals surface area contributed by atoms with Crippen LogP contribution in [-0.2, 0) is 14.3 Å². The first-order valence-corrected chi connectivity index (χ1v) is 8.28. The predicted molar refractivity (Wildman–Crippen MR) is 92.7 cm³/mol. The molecule has 2 fully saturated rings. The molecule has 0 aliphatic carbocycles. The number of amides is 1. The number of nitriles is 3. The Morgan fingerprint density at radius 1 is 1.19 bits per heavy atom. The summed E-state index contributed by atoms with van der Waals surface area (Å²) in [6.45, 7) is 4.63. The Bertz CT molecular complexity index is 938. The highest BCUT2D eigenvalue weighted by molar-refractivity contribution is 5.89. The molecule has 4 atom stereocenters. The molecule has 3 rings (SSSR count). The number of carbonyl (C=O) groups is 1.